The Morgan fingerprint density at radius 2 is 1.83 bits per heavy atom. The molecular formula is C33H58FKN6O5S. The maximum Gasteiger partial charge on any atom is 1.00 e. The van der Waals surface area contributed by atoms with E-state index < -0.39 is 5.60 Å². The van der Waals surface area contributed by atoms with Crippen LogP contribution >= 0.6 is 11.3 Å². The number of hydrogen-bond acceptors (Lipinski definition) is 11. The van der Waals surface area contributed by atoms with E-state index in [2.05, 4.69) is 63.3 Å². The van der Waals surface area contributed by atoms with Crippen molar-refractivity contribution in [1.82, 2.24) is 15.3 Å². The number of hydroxylamine groups is 1. The molecule has 6 N–H and O–H groups in total. The smallest absolute Gasteiger partial charge is 0.537 e. The van der Waals surface area contributed by atoms with Crippen LogP contribution in [0.4, 0.5) is 4.53 Å². The summed E-state index contributed by atoms with van der Waals surface area (Å²) in [5, 5.41) is 9.32. The number of aryl methyl sites for hydroxylation is 1. The van der Waals surface area contributed by atoms with Crippen LogP contribution in [0, 0.1) is 12.8 Å². The molecule has 264 valence electrons. The summed E-state index contributed by atoms with van der Waals surface area (Å²) in [5.74, 6) is 5.56. The van der Waals surface area contributed by atoms with E-state index in [1.54, 1.807) is 32.2 Å². The molecule has 1 saturated carbocycles. The van der Waals surface area contributed by atoms with E-state index in [9.17, 15) is 14.4 Å². The van der Waals surface area contributed by atoms with Crippen LogP contribution in [-0.4, -0.2) is 59.9 Å². The van der Waals surface area contributed by atoms with E-state index in [0.717, 1.165) is 35.8 Å². The molecule has 2 aliphatic rings. The minimum Gasteiger partial charge on any atom is -0.537 e. The number of aliphatic hydroxyl groups excluding tert-OH is 1. The molecule has 1 aromatic heterocycles. The number of methoxy groups -OCH3 is 1. The molecule has 0 amide bonds. The summed E-state index contributed by atoms with van der Waals surface area (Å²) in [6.07, 6.45) is 6.65. The molecule has 2 heterocycles. The summed E-state index contributed by atoms with van der Waals surface area (Å²) in [6, 6.07) is 8.29. The van der Waals surface area contributed by atoms with Gasteiger partial charge in [0.05, 0.1) is 35.9 Å². The van der Waals surface area contributed by atoms with Crippen molar-refractivity contribution in [2.45, 2.75) is 92.5 Å². The molecule has 2 aromatic rings. The number of aromatic nitrogens is 1. The number of thiazole rings is 1. The fourth-order valence-corrected chi connectivity index (χ4v) is 4.16. The molecule has 1 unspecified atom stereocenters. The zero-order chi connectivity index (χ0) is 35.5. The number of ether oxygens (including phenoxy) is 1. The van der Waals surface area contributed by atoms with Gasteiger partial charge in [-0.05, 0) is 48.8 Å². The number of benzene rings is 1. The zero-order valence-corrected chi connectivity index (χ0v) is 34.2. The minimum atomic E-state index is -0.829. The Morgan fingerprint density at radius 3 is 2.15 bits per heavy atom. The fourth-order valence-electron chi connectivity index (χ4n) is 3.35. The first kappa shape index (κ1) is 49.9. The van der Waals surface area contributed by atoms with Crippen molar-refractivity contribution in [1.29, 1.82) is 0 Å². The molecule has 0 bridgehead atoms. The van der Waals surface area contributed by atoms with Gasteiger partial charge in [0.1, 0.15) is 5.60 Å². The van der Waals surface area contributed by atoms with Crippen molar-refractivity contribution >= 4 is 17.3 Å². The number of aliphatic hydroxyl groups is 1. The summed E-state index contributed by atoms with van der Waals surface area (Å²) in [5.41, 5.74) is 15.9. The van der Waals surface area contributed by atoms with Crippen molar-refractivity contribution in [3.63, 3.8) is 0 Å². The van der Waals surface area contributed by atoms with Gasteiger partial charge in [0.2, 0.25) is 0 Å². The van der Waals surface area contributed by atoms with Crippen LogP contribution in [0.3, 0.4) is 0 Å². The number of halogens is 1. The molecule has 14 heteroatoms. The number of rotatable bonds is 9. The summed E-state index contributed by atoms with van der Waals surface area (Å²) in [6.45, 7) is 18.8. The monoisotopic (exact) mass is 708 g/mol. The third-order valence-corrected chi connectivity index (χ3v) is 7.09. The number of hydrazine groups is 1. The second-order valence-corrected chi connectivity index (χ2v) is 11.6. The van der Waals surface area contributed by atoms with Gasteiger partial charge in [0, 0.05) is 44.5 Å². The van der Waals surface area contributed by atoms with Crippen molar-refractivity contribution < 1.29 is 80.3 Å². The molecule has 47 heavy (non-hydrogen) atoms. The molecule has 2 fully saturated rings. The zero-order valence-electron chi connectivity index (χ0n) is 30.2. The number of hydrogen-bond donors (Lipinski definition) is 4. The summed E-state index contributed by atoms with van der Waals surface area (Å²) in [7, 11) is 2.98. The Hall–Kier alpha value is -1.43. The van der Waals surface area contributed by atoms with Crippen molar-refractivity contribution in [3.8, 4) is 10.4 Å². The first-order valence-corrected chi connectivity index (χ1v) is 16.2. The molecule has 1 saturated heterocycles. The van der Waals surface area contributed by atoms with E-state index in [1.807, 2.05) is 31.2 Å². The van der Waals surface area contributed by atoms with Gasteiger partial charge in [-0.1, -0.05) is 64.5 Å². The van der Waals surface area contributed by atoms with Crippen molar-refractivity contribution in [2.24, 2.45) is 17.5 Å². The predicted octanol–water partition coefficient (Wildman–Crippen LogP) is 3.70. The number of nitrogens with two attached hydrogens (primary N) is 2. The average molecular weight is 709 g/mol. The van der Waals surface area contributed by atoms with Crippen LogP contribution < -0.4 is 68.4 Å². The van der Waals surface area contributed by atoms with Crippen LogP contribution in [0.2, 0.25) is 0 Å². The average Bonchev–Trinajstić information content (AvgIpc) is 3.50. The van der Waals surface area contributed by atoms with Gasteiger partial charge in [-0.15, -0.1) is 18.4 Å². The van der Waals surface area contributed by atoms with Crippen molar-refractivity contribution in [2.75, 3.05) is 27.2 Å². The molecule has 1 atom stereocenters. The second kappa shape index (κ2) is 30.6. The SMILES string of the molecule is C=C(CC(C)(C)OF)N1CCC(O)C1.CC.CC1CC1.COC(C)=O.C[N-]OCc1ccc(-c2scnc2C)cc1.N/C=C\NN.[K+]. The first-order chi connectivity index (χ1) is 21.8. The van der Waals surface area contributed by atoms with Gasteiger partial charge in [0.15, 0.2) is 0 Å². The number of esters is 1. The Kier molecular flexibility index (Phi) is 32.5. The Bertz CT molecular complexity index is 1090. The third kappa shape index (κ3) is 27.1. The quantitative estimate of drug-likeness (QED) is 0.131. The fraction of sp³-hybridized carbons (Fsp3) is 0.576. The van der Waals surface area contributed by atoms with E-state index in [1.165, 1.54) is 49.7 Å². The van der Waals surface area contributed by atoms with E-state index >= 15 is 0 Å². The molecule has 1 aliphatic heterocycles. The van der Waals surface area contributed by atoms with E-state index in [4.69, 9.17) is 16.4 Å². The molecule has 4 rings (SSSR count). The van der Waals surface area contributed by atoms with Gasteiger partial charge >= 0.3 is 57.4 Å². The normalized spacial score (nSPS) is 14.5. The Labute approximate surface area is 328 Å². The molecule has 0 spiro atoms. The largest absolute Gasteiger partial charge is 1.00 e. The van der Waals surface area contributed by atoms with Crippen molar-refractivity contribution in [3.05, 3.63) is 71.2 Å². The van der Waals surface area contributed by atoms with Gasteiger partial charge in [0.25, 0.3) is 0 Å². The molecular weight excluding hydrogens is 651 g/mol. The third-order valence-electron chi connectivity index (χ3n) is 6.12. The van der Waals surface area contributed by atoms with Crippen LogP contribution in [0.25, 0.3) is 15.9 Å². The molecule has 11 nitrogen and oxygen atoms in total. The number of β-amino-alcohol motifs (C(OH)–C–C–N with tert-alkyl or cyclic N) is 1. The molecule has 1 aromatic carbocycles. The van der Waals surface area contributed by atoms with Gasteiger partial charge in [-0.3, -0.25) is 10.6 Å². The van der Waals surface area contributed by atoms with Gasteiger partial charge in [-0.25, -0.2) is 4.98 Å². The van der Waals surface area contributed by atoms with E-state index in [0.29, 0.717) is 19.6 Å². The van der Waals surface area contributed by atoms with Crippen LogP contribution in [0.1, 0.15) is 78.5 Å². The topological polar surface area (TPSA) is 159 Å². The maximum absolute atomic E-state index is 12.1. The van der Waals surface area contributed by atoms with Crippen LogP contribution in [0.15, 0.2) is 54.5 Å². The van der Waals surface area contributed by atoms with E-state index in [-0.39, 0.29) is 63.5 Å². The number of nitrogens with one attached hydrogen (secondary N) is 1. The summed E-state index contributed by atoms with van der Waals surface area (Å²) in [4.78, 5) is 25.9. The van der Waals surface area contributed by atoms with Crippen LogP contribution in [-0.2, 0) is 25.9 Å². The Balaban J connectivity index is -0.000000562. The number of carbonyl (C=O) groups excluding carboxylic acids is 1. The number of nitrogens with zero attached hydrogens (tertiary/aromatic N) is 3. The molecule has 1 aliphatic carbocycles. The first-order valence-electron chi connectivity index (χ1n) is 15.3. The summed E-state index contributed by atoms with van der Waals surface area (Å²) >= 11 is 1.67. The second-order valence-electron chi connectivity index (χ2n) is 10.8. The molecule has 0 radical (unpaired) electrons. The van der Waals surface area contributed by atoms with Gasteiger partial charge in [-0.2, -0.15) is 4.94 Å². The summed E-state index contributed by atoms with van der Waals surface area (Å²) < 4.78 is 16.2. The standard InChI is InChI=1S/C12H13N2OS.C10H18FNO2.C4H8.C3H6O2.C2H7N3.C2H6.K/c1-9-12(16-8-14-9)11-5-3-10(4-6-11)7-15-13-2;1-8(6-10(2,3)14-11)12-5-4-9(13)7-12;1-4-2-3-4;1-3(4)5-2;3-1-2-5-4;1-2;/h3-6,8H,7H2,1-2H3;9,13H,1,4-7H2,2-3H3;4H,2-3H2,1H3;1-2H3;1-2,5H,3-4H2;1-2H3;/q-1;;;;;;+1/b;;;;2-1-;;. The maximum atomic E-state index is 12.1. The number of likely N-dealkylation sites (tertiary alicyclic amines) is 1. The minimum absolute atomic E-state index is 0. The van der Waals surface area contributed by atoms with Gasteiger partial charge < -0.3 is 36.2 Å². The number of carbonyl (C=O) groups is 1. The predicted molar refractivity (Wildman–Crippen MR) is 187 cm³/mol. The van der Waals surface area contributed by atoms with Crippen LogP contribution in [0.5, 0.6) is 0 Å². The Morgan fingerprint density at radius 1 is 1.28 bits per heavy atom.